The van der Waals surface area contributed by atoms with Crippen LogP contribution in [0.3, 0.4) is 0 Å². The zero-order chi connectivity index (χ0) is 15.2. The van der Waals surface area contributed by atoms with Gasteiger partial charge in [-0.15, -0.1) is 0 Å². The Kier molecular flexibility index (Phi) is 4.77. The van der Waals surface area contributed by atoms with Crippen LogP contribution in [0.4, 0.5) is 11.4 Å². The normalized spacial score (nSPS) is 10.4. The van der Waals surface area contributed by atoms with Gasteiger partial charge in [0, 0.05) is 18.2 Å². The van der Waals surface area contributed by atoms with E-state index in [2.05, 4.69) is 5.32 Å². The first kappa shape index (κ1) is 14.8. The van der Waals surface area contributed by atoms with Crippen LogP contribution in [0, 0.1) is 10.1 Å². The number of para-hydroxylation sites is 3. The zero-order valence-corrected chi connectivity index (χ0v) is 12.1. The monoisotopic (exact) mass is 286 g/mol. The number of anilines is 1. The van der Waals surface area contributed by atoms with E-state index in [4.69, 9.17) is 4.74 Å². The maximum absolute atomic E-state index is 11.0. The number of benzene rings is 2. The quantitative estimate of drug-likeness (QED) is 0.644. The van der Waals surface area contributed by atoms with Crippen molar-refractivity contribution in [3.05, 3.63) is 64.2 Å². The molecular weight excluding hydrogens is 268 g/mol. The Bertz CT molecular complexity index is 626. The van der Waals surface area contributed by atoms with E-state index in [1.165, 1.54) is 6.07 Å². The van der Waals surface area contributed by atoms with Crippen LogP contribution in [0.1, 0.15) is 19.4 Å². The van der Waals surface area contributed by atoms with E-state index in [9.17, 15) is 10.1 Å². The van der Waals surface area contributed by atoms with Crippen LogP contribution in [0.5, 0.6) is 5.75 Å². The van der Waals surface area contributed by atoms with Gasteiger partial charge in [-0.05, 0) is 26.0 Å². The Morgan fingerprint density at radius 3 is 2.52 bits per heavy atom. The lowest BCUT2D eigenvalue weighted by molar-refractivity contribution is -0.385. The first-order valence-corrected chi connectivity index (χ1v) is 6.80. The number of hydrogen-bond acceptors (Lipinski definition) is 4. The van der Waals surface area contributed by atoms with Crippen molar-refractivity contribution in [1.82, 2.24) is 0 Å². The molecule has 0 bridgehead atoms. The molecule has 0 saturated heterocycles. The van der Waals surface area contributed by atoms with Crippen LogP contribution < -0.4 is 10.1 Å². The van der Waals surface area contributed by atoms with Gasteiger partial charge in [0.1, 0.15) is 5.75 Å². The van der Waals surface area contributed by atoms with E-state index in [-0.39, 0.29) is 16.7 Å². The lowest BCUT2D eigenvalue weighted by Gasteiger charge is -2.15. The van der Waals surface area contributed by atoms with Crippen molar-refractivity contribution in [2.75, 3.05) is 5.32 Å². The second-order valence-corrected chi connectivity index (χ2v) is 4.90. The Morgan fingerprint density at radius 1 is 1.14 bits per heavy atom. The van der Waals surface area contributed by atoms with Crippen molar-refractivity contribution < 1.29 is 9.66 Å². The predicted octanol–water partition coefficient (Wildman–Crippen LogP) is 3.99. The largest absolute Gasteiger partial charge is 0.489 e. The second kappa shape index (κ2) is 6.74. The molecule has 2 aromatic carbocycles. The van der Waals surface area contributed by atoms with Crippen molar-refractivity contribution >= 4 is 11.4 Å². The molecule has 2 aromatic rings. The highest BCUT2D eigenvalue weighted by molar-refractivity contribution is 5.57. The van der Waals surface area contributed by atoms with Crippen LogP contribution >= 0.6 is 0 Å². The molecule has 0 heterocycles. The van der Waals surface area contributed by atoms with E-state index in [0.717, 1.165) is 11.4 Å². The smallest absolute Gasteiger partial charge is 0.274 e. The van der Waals surface area contributed by atoms with Crippen LogP contribution in [0.25, 0.3) is 0 Å². The molecule has 0 unspecified atom stereocenters. The lowest BCUT2D eigenvalue weighted by Crippen LogP contribution is -2.09. The van der Waals surface area contributed by atoms with Gasteiger partial charge in [-0.3, -0.25) is 10.1 Å². The van der Waals surface area contributed by atoms with Gasteiger partial charge in [0.2, 0.25) is 0 Å². The number of nitro benzene ring substituents is 1. The summed E-state index contributed by atoms with van der Waals surface area (Å²) in [4.78, 5) is 10.6. The maximum atomic E-state index is 11.0. The molecule has 0 atom stereocenters. The Labute approximate surface area is 123 Å². The molecule has 0 saturated carbocycles. The van der Waals surface area contributed by atoms with Crippen molar-refractivity contribution in [2.24, 2.45) is 0 Å². The molecule has 0 aromatic heterocycles. The summed E-state index contributed by atoms with van der Waals surface area (Å²) in [6.45, 7) is 4.28. The molecule has 0 aliphatic heterocycles. The fourth-order valence-electron chi connectivity index (χ4n) is 2.00. The average Bonchev–Trinajstić information content (AvgIpc) is 2.46. The molecule has 0 amide bonds. The summed E-state index contributed by atoms with van der Waals surface area (Å²) < 4.78 is 5.72. The molecule has 110 valence electrons. The Balaban J connectivity index is 2.15. The SMILES string of the molecule is CC(C)Oc1ccccc1NCc1ccccc1[N+](=O)[O-]. The summed E-state index contributed by atoms with van der Waals surface area (Å²) in [6.07, 6.45) is 0.0685. The molecule has 0 aliphatic carbocycles. The van der Waals surface area contributed by atoms with Crippen LogP contribution in [0.15, 0.2) is 48.5 Å². The highest BCUT2D eigenvalue weighted by Crippen LogP contribution is 2.26. The highest BCUT2D eigenvalue weighted by atomic mass is 16.6. The van der Waals surface area contributed by atoms with Crippen LogP contribution in [0.2, 0.25) is 0 Å². The Hall–Kier alpha value is -2.56. The van der Waals surface area contributed by atoms with Crippen molar-refractivity contribution in [2.45, 2.75) is 26.5 Å². The molecule has 2 rings (SSSR count). The van der Waals surface area contributed by atoms with Gasteiger partial charge in [-0.25, -0.2) is 0 Å². The zero-order valence-electron chi connectivity index (χ0n) is 12.1. The molecule has 1 N–H and O–H groups in total. The highest BCUT2D eigenvalue weighted by Gasteiger charge is 2.12. The predicted molar refractivity (Wildman–Crippen MR) is 82.6 cm³/mol. The first-order valence-electron chi connectivity index (χ1n) is 6.80. The molecule has 0 radical (unpaired) electrons. The van der Waals surface area contributed by atoms with Crippen molar-refractivity contribution in [3.8, 4) is 5.75 Å². The standard InChI is InChI=1S/C16H18N2O3/c1-12(2)21-16-10-6-4-8-14(16)17-11-13-7-3-5-9-15(13)18(19)20/h3-10,12,17H,11H2,1-2H3. The summed E-state index contributed by atoms with van der Waals surface area (Å²) in [5.74, 6) is 0.742. The molecule has 5 nitrogen and oxygen atoms in total. The van der Waals surface area contributed by atoms with Crippen LogP contribution in [-0.4, -0.2) is 11.0 Å². The summed E-state index contributed by atoms with van der Waals surface area (Å²) in [5.41, 5.74) is 1.58. The van der Waals surface area contributed by atoms with E-state index in [1.54, 1.807) is 18.2 Å². The van der Waals surface area contributed by atoms with E-state index < -0.39 is 0 Å². The molecule has 0 aliphatic rings. The van der Waals surface area contributed by atoms with Gasteiger partial charge in [0.15, 0.2) is 0 Å². The third kappa shape index (κ3) is 3.95. The maximum Gasteiger partial charge on any atom is 0.274 e. The van der Waals surface area contributed by atoms with Crippen molar-refractivity contribution in [3.63, 3.8) is 0 Å². The van der Waals surface area contributed by atoms with E-state index >= 15 is 0 Å². The summed E-state index contributed by atoms with van der Waals surface area (Å²) in [7, 11) is 0. The number of nitrogens with zero attached hydrogens (tertiary/aromatic N) is 1. The fourth-order valence-corrected chi connectivity index (χ4v) is 2.00. The third-order valence-electron chi connectivity index (χ3n) is 2.91. The third-order valence-corrected chi connectivity index (χ3v) is 2.91. The minimum absolute atomic E-state index is 0.0685. The molecule has 0 spiro atoms. The van der Waals surface area contributed by atoms with Gasteiger partial charge >= 0.3 is 0 Å². The van der Waals surface area contributed by atoms with Crippen LogP contribution in [-0.2, 0) is 6.54 Å². The molecule has 21 heavy (non-hydrogen) atoms. The fraction of sp³-hybridized carbons (Fsp3) is 0.250. The number of ether oxygens (including phenoxy) is 1. The van der Waals surface area contributed by atoms with Gasteiger partial charge in [-0.1, -0.05) is 30.3 Å². The number of nitro groups is 1. The van der Waals surface area contributed by atoms with Gasteiger partial charge in [-0.2, -0.15) is 0 Å². The lowest BCUT2D eigenvalue weighted by atomic mass is 10.1. The first-order chi connectivity index (χ1) is 10.1. The summed E-state index contributed by atoms with van der Waals surface area (Å²) >= 11 is 0. The molecular formula is C16H18N2O3. The Morgan fingerprint density at radius 2 is 1.81 bits per heavy atom. The number of nitrogens with one attached hydrogen (secondary N) is 1. The number of rotatable bonds is 6. The number of hydrogen-bond donors (Lipinski definition) is 1. The van der Waals surface area contributed by atoms with Gasteiger partial charge in [0.25, 0.3) is 5.69 Å². The van der Waals surface area contributed by atoms with E-state index in [0.29, 0.717) is 12.1 Å². The minimum Gasteiger partial charge on any atom is -0.489 e. The molecule has 0 fully saturated rings. The van der Waals surface area contributed by atoms with Gasteiger partial charge in [0.05, 0.1) is 16.7 Å². The summed E-state index contributed by atoms with van der Waals surface area (Å²) in [6, 6.07) is 14.3. The van der Waals surface area contributed by atoms with E-state index in [1.807, 2.05) is 38.1 Å². The topological polar surface area (TPSA) is 64.4 Å². The average molecular weight is 286 g/mol. The molecule has 5 heteroatoms. The second-order valence-electron chi connectivity index (χ2n) is 4.90. The van der Waals surface area contributed by atoms with Gasteiger partial charge < -0.3 is 10.1 Å². The summed E-state index contributed by atoms with van der Waals surface area (Å²) in [5, 5.41) is 14.2. The van der Waals surface area contributed by atoms with Crippen molar-refractivity contribution in [1.29, 1.82) is 0 Å². The minimum atomic E-state index is -0.368.